The second-order valence-corrected chi connectivity index (χ2v) is 9.61. The Morgan fingerprint density at radius 2 is 1.69 bits per heavy atom. The monoisotopic (exact) mass is 435 g/mol. The highest BCUT2D eigenvalue weighted by Gasteiger charge is 2.33. The van der Waals surface area contributed by atoms with Gasteiger partial charge >= 0.3 is 0 Å². The summed E-state index contributed by atoms with van der Waals surface area (Å²) < 4.78 is 26.0. The molecule has 29 heavy (non-hydrogen) atoms. The number of nitrogens with zero attached hydrogens (tertiary/aromatic N) is 3. The summed E-state index contributed by atoms with van der Waals surface area (Å²) in [7, 11) is -3.60. The summed E-state index contributed by atoms with van der Waals surface area (Å²) in [6.07, 6.45) is 1.13. The van der Waals surface area contributed by atoms with Gasteiger partial charge in [-0.05, 0) is 43.7 Å². The summed E-state index contributed by atoms with van der Waals surface area (Å²) in [6.45, 7) is 6.08. The summed E-state index contributed by atoms with van der Waals surface area (Å²) in [5.41, 5.74) is 2.69. The molecule has 2 aromatic carbocycles. The molecule has 1 saturated heterocycles. The molecule has 1 amide bonds. The van der Waals surface area contributed by atoms with Crippen molar-refractivity contribution in [3.63, 3.8) is 0 Å². The summed E-state index contributed by atoms with van der Waals surface area (Å²) in [6, 6.07) is 13.7. The van der Waals surface area contributed by atoms with E-state index in [2.05, 4.69) is 4.90 Å². The molecule has 1 heterocycles. The van der Waals surface area contributed by atoms with Gasteiger partial charge in [-0.1, -0.05) is 35.9 Å². The van der Waals surface area contributed by atoms with Crippen LogP contribution in [0.15, 0.2) is 48.5 Å². The van der Waals surface area contributed by atoms with Crippen LogP contribution in [0.1, 0.15) is 12.5 Å². The van der Waals surface area contributed by atoms with Gasteiger partial charge in [0.05, 0.1) is 11.9 Å². The van der Waals surface area contributed by atoms with E-state index in [0.29, 0.717) is 36.9 Å². The zero-order valence-corrected chi connectivity index (χ0v) is 18.4. The van der Waals surface area contributed by atoms with E-state index in [4.69, 9.17) is 11.6 Å². The van der Waals surface area contributed by atoms with E-state index in [9.17, 15) is 13.2 Å². The van der Waals surface area contributed by atoms with E-state index in [1.165, 1.54) is 4.31 Å². The van der Waals surface area contributed by atoms with Crippen molar-refractivity contribution in [2.75, 3.05) is 41.6 Å². The van der Waals surface area contributed by atoms with Crippen molar-refractivity contribution in [2.45, 2.75) is 19.9 Å². The van der Waals surface area contributed by atoms with Crippen LogP contribution in [-0.2, 0) is 14.8 Å². The maximum Gasteiger partial charge on any atom is 0.246 e. The number of hydrogen-bond acceptors (Lipinski definition) is 4. The van der Waals surface area contributed by atoms with Gasteiger partial charge in [-0.3, -0.25) is 9.10 Å². The molecule has 6 nitrogen and oxygen atoms in total. The zero-order chi connectivity index (χ0) is 21.2. The number of aryl methyl sites for hydroxylation is 1. The average molecular weight is 436 g/mol. The number of carbonyl (C=O) groups excluding carboxylic acids is 1. The molecule has 0 unspecified atom stereocenters. The SMILES string of the molecule is Cc1ccc(Cl)cc1N1CCN(C(=O)[C@@H](C)N(c2ccccc2)S(C)(=O)=O)CC1. The molecule has 8 heteroatoms. The Hall–Kier alpha value is -2.25. The van der Waals surface area contributed by atoms with Crippen LogP contribution >= 0.6 is 11.6 Å². The van der Waals surface area contributed by atoms with Gasteiger partial charge in [0.1, 0.15) is 6.04 Å². The number of halogens is 1. The third kappa shape index (κ3) is 4.85. The number of rotatable bonds is 5. The molecule has 0 aliphatic carbocycles. The topological polar surface area (TPSA) is 60.9 Å². The molecule has 1 fully saturated rings. The smallest absolute Gasteiger partial charge is 0.246 e. The van der Waals surface area contributed by atoms with Gasteiger partial charge in [-0.2, -0.15) is 0 Å². The van der Waals surface area contributed by atoms with E-state index in [-0.39, 0.29) is 5.91 Å². The minimum atomic E-state index is -3.60. The number of hydrogen-bond donors (Lipinski definition) is 0. The maximum absolute atomic E-state index is 13.1. The molecule has 0 saturated carbocycles. The van der Waals surface area contributed by atoms with Gasteiger partial charge in [0.25, 0.3) is 0 Å². The van der Waals surface area contributed by atoms with Crippen molar-refractivity contribution >= 4 is 38.9 Å². The summed E-state index contributed by atoms with van der Waals surface area (Å²) >= 11 is 6.14. The molecule has 2 aromatic rings. The molecule has 3 rings (SSSR count). The number of anilines is 2. The Morgan fingerprint density at radius 3 is 2.28 bits per heavy atom. The lowest BCUT2D eigenvalue weighted by Gasteiger charge is -2.39. The highest BCUT2D eigenvalue weighted by atomic mass is 35.5. The minimum Gasteiger partial charge on any atom is -0.368 e. The highest BCUT2D eigenvalue weighted by Crippen LogP contribution is 2.26. The van der Waals surface area contributed by atoms with Crippen LogP contribution in [0.5, 0.6) is 0 Å². The maximum atomic E-state index is 13.1. The lowest BCUT2D eigenvalue weighted by atomic mass is 10.1. The van der Waals surface area contributed by atoms with E-state index >= 15 is 0 Å². The fourth-order valence-electron chi connectivity index (χ4n) is 3.73. The first-order valence-corrected chi connectivity index (χ1v) is 11.8. The molecule has 1 atom stereocenters. The van der Waals surface area contributed by atoms with Gasteiger partial charge in [-0.15, -0.1) is 0 Å². The van der Waals surface area contributed by atoms with Crippen molar-refractivity contribution in [3.8, 4) is 0 Å². The van der Waals surface area contributed by atoms with Crippen molar-refractivity contribution in [1.82, 2.24) is 4.90 Å². The molecule has 0 aromatic heterocycles. The van der Waals surface area contributed by atoms with Crippen LogP contribution in [0.3, 0.4) is 0 Å². The normalized spacial score (nSPS) is 15.9. The molecule has 0 spiro atoms. The quantitative estimate of drug-likeness (QED) is 0.723. The molecule has 1 aliphatic heterocycles. The second-order valence-electron chi connectivity index (χ2n) is 7.31. The fraction of sp³-hybridized carbons (Fsp3) is 0.381. The minimum absolute atomic E-state index is 0.193. The van der Waals surface area contributed by atoms with Crippen molar-refractivity contribution in [1.29, 1.82) is 0 Å². The Kier molecular flexibility index (Phi) is 6.39. The van der Waals surface area contributed by atoms with Gasteiger partial charge in [0.2, 0.25) is 15.9 Å². The summed E-state index contributed by atoms with van der Waals surface area (Å²) in [5, 5.41) is 0.685. The van der Waals surface area contributed by atoms with Crippen molar-refractivity contribution in [3.05, 3.63) is 59.1 Å². The van der Waals surface area contributed by atoms with Crippen LogP contribution in [0.25, 0.3) is 0 Å². The second kappa shape index (κ2) is 8.63. The predicted molar refractivity (Wildman–Crippen MR) is 118 cm³/mol. The Bertz CT molecular complexity index is 974. The molecule has 0 bridgehead atoms. The lowest BCUT2D eigenvalue weighted by Crippen LogP contribution is -2.55. The molecule has 0 N–H and O–H groups in total. The molecular formula is C21H26ClN3O3S. The first-order valence-electron chi connectivity index (χ1n) is 9.53. The third-order valence-electron chi connectivity index (χ3n) is 5.18. The van der Waals surface area contributed by atoms with Crippen molar-refractivity contribution < 1.29 is 13.2 Å². The third-order valence-corrected chi connectivity index (χ3v) is 6.66. The number of piperazine rings is 1. The molecule has 156 valence electrons. The van der Waals surface area contributed by atoms with E-state index < -0.39 is 16.1 Å². The van der Waals surface area contributed by atoms with Crippen LogP contribution in [0.4, 0.5) is 11.4 Å². The van der Waals surface area contributed by atoms with Crippen molar-refractivity contribution in [2.24, 2.45) is 0 Å². The number of para-hydroxylation sites is 1. The Balaban J connectivity index is 1.73. The largest absolute Gasteiger partial charge is 0.368 e. The van der Waals surface area contributed by atoms with Gasteiger partial charge in [-0.25, -0.2) is 8.42 Å². The number of sulfonamides is 1. The van der Waals surface area contributed by atoms with Crippen LogP contribution < -0.4 is 9.21 Å². The Labute approximate surface area is 177 Å². The standard InChI is InChI=1S/C21H26ClN3O3S/c1-16-9-10-18(22)15-20(16)23-11-13-24(14-12-23)21(26)17(2)25(29(3,27)28)19-7-5-4-6-8-19/h4-10,15,17H,11-14H2,1-3H3/t17-/m1/s1. The predicted octanol–water partition coefficient (Wildman–Crippen LogP) is 3.15. The number of benzene rings is 2. The number of carbonyl (C=O) groups is 1. The number of amides is 1. The van der Waals surface area contributed by atoms with E-state index in [1.54, 1.807) is 36.1 Å². The van der Waals surface area contributed by atoms with Crippen LogP contribution in [-0.4, -0.2) is 57.7 Å². The van der Waals surface area contributed by atoms with Gasteiger partial charge < -0.3 is 9.80 Å². The summed E-state index contributed by atoms with van der Waals surface area (Å²) in [4.78, 5) is 17.1. The lowest BCUT2D eigenvalue weighted by molar-refractivity contribution is -0.132. The highest BCUT2D eigenvalue weighted by molar-refractivity contribution is 7.92. The average Bonchev–Trinajstić information content (AvgIpc) is 2.69. The van der Waals surface area contributed by atoms with Gasteiger partial charge in [0, 0.05) is 36.9 Å². The first kappa shape index (κ1) is 21.5. The van der Waals surface area contributed by atoms with E-state index in [0.717, 1.165) is 17.5 Å². The summed E-state index contributed by atoms with van der Waals surface area (Å²) in [5.74, 6) is -0.193. The zero-order valence-electron chi connectivity index (χ0n) is 16.9. The van der Waals surface area contributed by atoms with E-state index in [1.807, 2.05) is 31.2 Å². The fourth-order valence-corrected chi connectivity index (χ4v) is 5.07. The Morgan fingerprint density at radius 1 is 1.07 bits per heavy atom. The molecule has 0 radical (unpaired) electrons. The molecule has 1 aliphatic rings. The van der Waals surface area contributed by atoms with Crippen LogP contribution in [0, 0.1) is 6.92 Å². The van der Waals surface area contributed by atoms with Gasteiger partial charge in [0.15, 0.2) is 0 Å². The van der Waals surface area contributed by atoms with Crippen LogP contribution in [0.2, 0.25) is 5.02 Å². The molecular weight excluding hydrogens is 410 g/mol. The first-order chi connectivity index (χ1) is 13.7.